The number of hydrogen-bond acceptors (Lipinski definition) is 3. The first-order chi connectivity index (χ1) is 15.7. The summed E-state index contributed by atoms with van der Waals surface area (Å²) in [6.45, 7) is 3.85. The number of rotatable bonds is 6. The number of carbonyl (C=O) groups is 1. The van der Waals surface area contributed by atoms with E-state index in [1.54, 1.807) is 24.3 Å². The first kappa shape index (κ1) is 23.1. The van der Waals surface area contributed by atoms with Gasteiger partial charge in [-0.2, -0.15) is 0 Å². The molecule has 0 unspecified atom stereocenters. The summed E-state index contributed by atoms with van der Waals surface area (Å²) >= 11 is 0. The second-order valence-corrected chi connectivity index (χ2v) is 10.3. The Morgan fingerprint density at radius 2 is 1.55 bits per heavy atom. The van der Waals surface area contributed by atoms with Crippen molar-refractivity contribution in [1.82, 2.24) is 4.72 Å². The summed E-state index contributed by atoms with van der Waals surface area (Å²) in [5.74, 6) is -1.41. The van der Waals surface area contributed by atoms with Gasteiger partial charge in [-0.1, -0.05) is 37.1 Å². The fourth-order valence-electron chi connectivity index (χ4n) is 4.33. The van der Waals surface area contributed by atoms with Crippen LogP contribution in [0.4, 0.5) is 15.8 Å². The lowest BCUT2D eigenvalue weighted by atomic mass is 10.1. The number of benzene rings is 3. The first-order valence-electron chi connectivity index (χ1n) is 11.0. The van der Waals surface area contributed by atoms with Crippen LogP contribution < -0.4 is 9.62 Å². The number of carbonyl (C=O) groups excluding carboxylic acids is 1. The quantitative estimate of drug-likeness (QED) is 0.511. The smallest absolute Gasteiger partial charge is 0.265 e. The van der Waals surface area contributed by atoms with Crippen LogP contribution >= 0.6 is 0 Å². The Morgan fingerprint density at radius 1 is 0.909 bits per heavy atom. The molecule has 0 saturated heterocycles. The van der Waals surface area contributed by atoms with Gasteiger partial charge in [-0.25, -0.2) is 17.5 Å². The molecule has 5 nitrogen and oxygen atoms in total. The van der Waals surface area contributed by atoms with Crippen LogP contribution in [0.3, 0.4) is 0 Å². The minimum absolute atomic E-state index is 0.118. The van der Waals surface area contributed by atoms with E-state index in [0.717, 1.165) is 48.9 Å². The maximum absolute atomic E-state index is 14.9. The summed E-state index contributed by atoms with van der Waals surface area (Å²) in [6.07, 6.45) is 3.51. The van der Waals surface area contributed by atoms with Crippen molar-refractivity contribution in [3.05, 3.63) is 89.2 Å². The van der Waals surface area contributed by atoms with E-state index >= 15 is 0 Å². The molecule has 4 rings (SSSR count). The van der Waals surface area contributed by atoms with Gasteiger partial charge in [0.1, 0.15) is 5.82 Å². The summed E-state index contributed by atoms with van der Waals surface area (Å²) in [6, 6.07) is 17.9. The number of amides is 1. The zero-order valence-electron chi connectivity index (χ0n) is 18.7. The van der Waals surface area contributed by atoms with Crippen LogP contribution in [0.5, 0.6) is 0 Å². The van der Waals surface area contributed by atoms with E-state index in [1.165, 1.54) is 11.0 Å². The van der Waals surface area contributed by atoms with E-state index in [9.17, 15) is 17.6 Å². The molecule has 3 aromatic carbocycles. The Balaban J connectivity index is 1.77. The van der Waals surface area contributed by atoms with Crippen LogP contribution in [0.1, 0.15) is 47.2 Å². The van der Waals surface area contributed by atoms with E-state index in [4.69, 9.17) is 0 Å². The number of para-hydroxylation sites is 1. The van der Waals surface area contributed by atoms with Gasteiger partial charge in [0.05, 0.1) is 10.5 Å². The number of sulfonamides is 1. The van der Waals surface area contributed by atoms with Gasteiger partial charge >= 0.3 is 0 Å². The fraction of sp³-hybridized carbons (Fsp3) is 0.269. The number of anilines is 2. The van der Waals surface area contributed by atoms with Crippen LogP contribution in [0.15, 0.2) is 71.6 Å². The number of hydrogen-bond donors (Lipinski definition) is 1. The summed E-state index contributed by atoms with van der Waals surface area (Å²) in [4.78, 5) is 15.0. The predicted octanol–water partition coefficient (Wildman–Crippen LogP) is 5.64. The molecule has 0 aliphatic heterocycles. The molecule has 1 aliphatic rings. The molecule has 1 fully saturated rings. The molecule has 3 aromatic rings. The third-order valence-electron chi connectivity index (χ3n) is 5.84. The Labute approximate surface area is 194 Å². The van der Waals surface area contributed by atoms with Gasteiger partial charge < -0.3 is 0 Å². The first-order valence-corrected chi connectivity index (χ1v) is 12.5. The Morgan fingerprint density at radius 3 is 2.18 bits per heavy atom. The highest BCUT2D eigenvalue weighted by molar-refractivity contribution is 7.89. The second-order valence-electron chi connectivity index (χ2n) is 8.57. The van der Waals surface area contributed by atoms with Gasteiger partial charge in [-0.05, 0) is 80.3 Å². The van der Waals surface area contributed by atoms with Gasteiger partial charge in [0.15, 0.2) is 0 Å². The molecule has 1 aliphatic carbocycles. The van der Waals surface area contributed by atoms with E-state index in [-0.39, 0.29) is 16.5 Å². The van der Waals surface area contributed by atoms with E-state index < -0.39 is 21.7 Å². The SMILES string of the molecule is Cc1cc(C)cc(N(C(=O)c2cc(S(=O)(=O)NC3CCCC3)ccc2F)c2ccccc2)c1. The molecule has 0 atom stereocenters. The van der Waals surface area contributed by atoms with Crippen molar-refractivity contribution >= 4 is 27.3 Å². The lowest BCUT2D eigenvalue weighted by molar-refractivity contribution is 0.0995. The molecular weight excluding hydrogens is 439 g/mol. The molecule has 1 saturated carbocycles. The number of halogens is 1. The van der Waals surface area contributed by atoms with Crippen LogP contribution in [0.25, 0.3) is 0 Å². The average molecular weight is 467 g/mol. The molecule has 1 N–H and O–H groups in total. The van der Waals surface area contributed by atoms with Crippen molar-refractivity contribution in [2.75, 3.05) is 4.90 Å². The highest BCUT2D eigenvalue weighted by Crippen LogP contribution is 2.30. The highest BCUT2D eigenvalue weighted by Gasteiger charge is 2.27. The Bertz CT molecular complexity index is 1250. The van der Waals surface area contributed by atoms with Gasteiger partial charge in [0, 0.05) is 17.4 Å². The maximum atomic E-state index is 14.9. The molecule has 33 heavy (non-hydrogen) atoms. The van der Waals surface area contributed by atoms with Crippen molar-refractivity contribution in [2.24, 2.45) is 0 Å². The van der Waals surface area contributed by atoms with Crippen molar-refractivity contribution in [3.8, 4) is 0 Å². The minimum Gasteiger partial charge on any atom is -0.277 e. The largest absolute Gasteiger partial charge is 0.277 e. The van der Waals surface area contributed by atoms with Crippen LogP contribution in [0.2, 0.25) is 0 Å². The van der Waals surface area contributed by atoms with Crippen LogP contribution in [-0.2, 0) is 10.0 Å². The average Bonchev–Trinajstić information content (AvgIpc) is 3.26. The number of nitrogens with one attached hydrogen (secondary N) is 1. The van der Waals surface area contributed by atoms with E-state index in [0.29, 0.717) is 11.4 Å². The van der Waals surface area contributed by atoms with Gasteiger partial charge in [0.25, 0.3) is 5.91 Å². The van der Waals surface area contributed by atoms with Crippen molar-refractivity contribution < 1.29 is 17.6 Å². The molecule has 0 aromatic heterocycles. The monoisotopic (exact) mass is 466 g/mol. The van der Waals surface area contributed by atoms with Crippen LogP contribution in [0, 0.1) is 19.7 Å². The lowest BCUT2D eigenvalue weighted by Gasteiger charge is -2.24. The fourth-order valence-corrected chi connectivity index (χ4v) is 5.66. The zero-order valence-corrected chi connectivity index (χ0v) is 19.5. The standard InChI is InChI=1S/C26H27FN2O3S/c1-18-14-19(2)16-22(15-18)29(21-10-4-3-5-11-21)26(30)24-17-23(12-13-25(24)27)33(31,32)28-20-8-6-7-9-20/h3-5,10-17,20,28H,6-9H2,1-2H3. The third kappa shape index (κ3) is 5.15. The molecule has 7 heteroatoms. The summed E-state index contributed by atoms with van der Waals surface area (Å²) in [5, 5.41) is 0. The topological polar surface area (TPSA) is 66.5 Å². The van der Waals surface area contributed by atoms with E-state index in [2.05, 4.69) is 4.72 Å². The van der Waals surface area contributed by atoms with Gasteiger partial charge in [-0.3, -0.25) is 9.69 Å². The Hall–Kier alpha value is -3.03. The predicted molar refractivity (Wildman–Crippen MR) is 128 cm³/mol. The van der Waals surface area contributed by atoms with Gasteiger partial charge in [0.2, 0.25) is 10.0 Å². The summed E-state index contributed by atoms with van der Waals surface area (Å²) in [7, 11) is -3.87. The van der Waals surface area contributed by atoms with Crippen molar-refractivity contribution in [3.63, 3.8) is 0 Å². The summed E-state index contributed by atoms with van der Waals surface area (Å²) in [5.41, 5.74) is 2.75. The highest BCUT2D eigenvalue weighted by atomic mass is 32.2. The third-order valence-corrected chi connectivity index (χ3v) is 7.36. The normalized spacial score (nSPS) is 14.4. The minimum atomic E-state index is -3.87. The molecule has 0 heterocycles. The second kappa shape index (κ2) is 9.45. The Kier molecular flexibility index (Phi) is 6.63. The molecule has 1 amide bonds. The van der Waals surface area contributed by atoms with Crippen LogP contribution in [-0.4, -0.2) is 20.4 Å². The van der Waals surface area contributed by atoms with Crippen molar-refractivity contribution in [1.29, 1.82) is 0 Å². The van der Waals surface area contributed by atoms with Gasteiger partial charge in [-0.15, -0.1) is 0 Å². The van der Waals surface area contributed by atoms with Crippen molar-refractivity contribution in [2.45, 2.75) is 50.5 Å². The number of aryl methyl sites for hydroxylation is 2. The molecule has 0 radical (unpaired) electrons. The lowest BCUT2D eigenvalue weighted by Crippen LogP contribution is -2.33. The number of nitrogens with zero attached hydrogens (tertiary/aromatic N) is 1. The summed E-state index contributed by atoms with van der Waals surface area (Å²) < 4.78 is 43.4. The molecule has 172 valence electrons. The molecule has 0 spiro atoms. The molecule has 0 bridgehead atoms. The molecular formula is C26H27FN2O3S. The maximum Gasteiger partial charge on any atom is 0.265 e. The van der Waals surface area contributed by atoms with E-state index in [1.807, 2.05) is 38.1 Å². The zero-order chi connectivity index (χ0) is 23.6.